The van der Waals surface area contributed by atoms with Crippen LogP contribution in [0.5, 0.6) is 11.8 Å². The van der Waals surface area contributed by atoms with Crippen LogP contribution in [0, 0.1) is 0 Å². The van der Waals surface area contributed by atoms with Crippen molar-refractivity contribution in [1.82, 2.24) is 9.97 Å². The highest BCUT2D eigenvalue weighted by atomic mass is 19.4. The second-order valence-corrected chi connectivity index (χ2v) is 4.01. The molecule has 2 rings (SSSR count). The summed E-state index contributed by atoms with van der Waals surface area (Å²) in [4.78, 5) is 6.97. The highest BCUT2D eigenvalue weighted by molar-refractivity contribution is 5.29. The zero-order valence-electron chi connectivity index (χ0n) is 10.4. The van der Waals surface area contributed by atoms with Crippen LogP contribution >= 0.6 is 0 Å². The normalized spacial score (nSPS) is 11.4. The molecule has 0 aliphatic heterocycles. The molecule has 106 valence electrons. The Labute approximate surface area is 113 Å². The van der Waals surface area contributed by atoms with Gasteiger partial charge >= 0.3 is 12.2 Å². The van der Waals surface area contributed by atoms with Crippen LogP contribution in [0.15, 0.2) is 36.5 Å². The molecule has 0 bridgehead atoms. The Morgan fingerprint density at radius 1 is 1.10 bits per heavy atom. The molecule has 0 radical (unpaired) electrons. The fraction of sp³-hybridized carbons (Fsp3) is 0.231. The van der Waals surface area contributed by atoms with Crippen molar-refractivity contribution in [2.75, 3.05) is 6.54 Å². The summed E-state index contributed by atoms with van der Waals surface area (Å²) in [5, 5.41) is 0. The van der Waals surface area contributed by atoms with Gasteiger partial charge in [-0.3, -0.25) is 0 Å². The molecule has 0 amide bonds. The van der Waals surface area contributed by atoms with Gasteiger partial charge in [-0.15, -0.1) is 0 Å². The summed E-state index contributed by atoms with van der Waals surface area (Å²) in [7, 11) is 0. The number of hydrogen-bond acceptors (Lipinski definition) is 4. The van der Waals surface area contributed by atoms with Gasteiger partial charge in [-0.2, -0.15) is 18.2 Å². The molecule has 0 saturated carbocycles. The third-order valence-electron chi connectivity index (χ3n) is 2.49. The Balaban J connectivity index is 2.13. The second kappa shape index (κ2) is 5.87. The van der Waals surface area contributed by atoms with E-state index in [9.17, 15) is 13.2 Å². The lowest BCUT2D eigenvalue weighted by molar-refractivity contribution is -0.141. The van der Waals surface area contributed by atoms with Gasteiger partial charge in [0.25, 0.3) is 0 Å². The number of benzene rings is 1. The molecule has 1 aromatic carbocycles. The number of nitrogens with zero attached hydrogens (tertiary/aromatic N) is 2. The van der Waals surface area contributed by atoms with E-state index in [1.165, 1.54) is 0 Å². The number of hydrogen-bond donors (Lipinski definition) is 1. The van der Waals surface area contributed by atoms with Gasteiger partial charge in [0.2, 0.25) is 0 Å². The summed E-state index contributed by atoms with van der Waals surface area (Å²) in [6.07, 6.45) is -2.79. The van der Waals surface area contributed by atoms with Crippen LogP contribution in [0.3, 0.4) is 0 Å². The number of halogens is 3. The molecule has 0 unspecified atom stereocenters. The summed E-state index contributed by atoms with van der Waals surface area (Å²) in [5.74, 6) is 0.366. The van der Waals surface area contributed by atoms with E-state index in [4.69, 9.17) is 10.5 Å². The van der Waals surface area contributed by atoms with Crippen molar-refractivity contribution in [3.8, 4) is 11.8 Å². The molecule has 0 saturated heterocycles. The standard InChI is InChI=1S/C13H12F3N3O/c14-13(15,16)11-6-8-18-12(19-11)20-10-3-1-9(2-4-10)5-7-17/h1-4,6,8H,5,7,17H2. The minimum atomic E-state index is -4.52. The van der Waals surface area contributed by atoms with E-state index in [1.807, 2.05) is 0 Å². The van der Waals surface area contributed by atoms with E-state index in [-0.39, 0.29) is 6.01 Å². The number of nitrogens with two attached hydrogens (primary N) is 1. The molecule has 0 atom stereocenters. The summed E-state index contributed by atoms with van der Waals surface area (Å²) in [6, 6.07) is 7.29. The molecule has 1 heterocycles. The molecule has 7 heteroatoms. The Morgan fingerprint density at radius 2 is 1.80 bits per heavy atom. The topological polar surface area (TPSA) is 61.0 Å². The molecule has 1 aromatic heterocycles. The molecule has 2 aromatic rings. The van der Waals surface area contributed by atoms with Crippen LogP contribution in [0.1, 0.15) is 11.3 Å². The van der Waals surface area contributed by atoms with Crippen molar-refractivity contribution in [3.05, 3.63) is 47.8 Å². The van der Waals surface area contributed by atoms with Crippen molar-refractivity contribution < 1.29 is 17.9 Å². The van der Waals surface area contributed by atoms with E-state index < -0.39 is 11.9 Å². The molecule has 4 nitrogen and oxygen atoms in total. The van der Waals surface area contributed by atoms with Gasteiger partial charge in [0.1, 0.15) is 5.75 Å². The lowest BCUT2D eigenvalue weighted by Gasteiger charge is -2.08. The molecule has 2 N–H and O–H groups in total. The smallest absolute Gasteiger partial charge is 0.424 e. The van der Waals surface area contributed by atoms with Crippen molar-refractivity contribution in [3.63, 3.8) is 0 Å². The largest absolute Gasteiger partial charge is 0.433 e. The molecule has 0 aliphatic carbocycles. The summed E-state index contributed by atoms with van der Waals surface area (Å²) in [6.45, 7) is 0.525. The first-order chi connectivity index (χ1) is 9.49. The minimum absolute atomic E-state index is 0.341. The van der Waals surface area contributed by atoms with Crippen LogP contribution in [0.4, 0.5) is 13.2 Å². The predicted octanol–water partition coefficient (Wildman–Crippen LogP) is 2.79. The molecule has 20 heavy (non-hydrogen) atoms. The maximum Gasteiger partial charge on any atom is 0.433 e. The van der Waals surface area contributed by atoms with Gasteiger partial charge in [0.15, 0.2) is 5.69 Å². The summed E-state index contributed by atoms with van der Waals surface area (Å²) >= 11 is 0. The van der Waals surface area contributed by atoms with E-state index in [2.05, 4.69) is 9.97 Å². The number of rotatable bonds is 4. The molecular weight excluding hydrogens is 271 g/mol. The third kappa shape index (κ3) is 3.67. The van der Waals surface area contributed by atoms with Crippen molar-refractivity contribution in [2.45, 2.75) is 12.6 Å². The molecular formula is C13H12F3N3O. The second-order valence-electron chi connectivity index (χ2n) is 4.01. The Hall–Kier alpha value is -2.15. The van der Waals surface area contributed by atoms with Gasteiger partial charge in [0.05, 0.1) is 0 Å². The fourth-order valence-corrected chi connectivity index (χ4v) is 1.54. The zero-order chi connectivity index (χ0) is 14.6. The minimum Gasteiger partial charge on any atom is -0.424 e. The van der Waals surface area contributed by atoms with Gasteiger partial charge in [-0.05, 0) is 36.7 Å². The lowest BCUT2D eigenvalue weighted by atomic mass is 10.1. The van der Waals surface area contributed by atoms with Crippen LogP contribution in [0.25, 0.3) is 0 Å². The van der Waals surface area contributed by atoms with E-state index in [0.717, 1.165) is 24.2 Å². The molecule has 0 spiro atoms. The van der Waals surface area contributed by atoms with Crippen molar-refractivity contribution in [2.24, 2.45) is 5.73 Å². The van der Waals surface area contributed by atoms with Crippen LogP contribution in [-0.4, -0.2) is 16.5 Å². The first kappa shape index (κ1) is 14.3. The van der Waals surface area contributed by atoms with Crippen LogP contribution < -0.4 is 10.5 Å². The molecule has 0 aliphatic rings. The van der Waals surface area contributed by atoms with Gasteiger partial charge in [-0.1, -0.05) is 12.1 Å². The molecule has 0 fully saturated rings. The average Bonchev–Trinajstić information content (AvgIpc) is 2.41. The van der Waals surface area contributed by atoms with Gasteiger partial charge in [0, 0.05) is 6.20 Å². The quantitative estimate of drug-likeness (QED) is 0.937. The lowest BCUT2D eigenvalue weighted by Crippen LogP contribution is -2.08. The Kier molecular flexibility index (Phi) is 4.19. The maximum atomic E-state index is 12.5. The fourth-order valence-electron chi connectivity index (χ4n) is 1.54. The van der Waals surface area contributed by atoms with Crippen molar-refractivity contribution >= 4 is 0 Å². The first-order valence-corrected chi connectivity index (χ1v) is 5.86. The van der Waals surface area contributed by atoms with E-state index in [0.29, 0.717) is 12.3 Å². The number of alkyl halides is 3. The van der Waals surface area contributed by atoms with Gasteiger partial charge in [-0.25, -0.2) is 4.98 Å². The highest BCUT2D eigenvalue weighted by Gasteiger charge is 2.33. The highest BCUT2D eigenvalue weighted by Crippen LogP contribution is 2.28. The first-order valence-electron chi connectivity index (χ1n) is 5.86. The van der Waals surface area contributed by atoms with E-state index in [1.54, 1.807) is 24.3 Å². The Morgan fingerprint density at radius 3 is 2.40 bits per heavy atom. The maximum absolute atomic E-state index is 12.5. The van der Waals surface area contributed by atoms with E-state index >= 15 is 0 Å². The summed E-state index contributed by atoms with van der Waals surface area (Å²) < 4.78 is 42.7. The zero-order valence-corrected chi connectivity index (χ0v) is 10.4. The Bertz CT molecular complexity index is 570. The van der Waals surface area contributed by atoms with Crippen LogP contribution in [0.2, 0.25) is 0 Å². The summed E-state index contributed by atoms with van der Waals surface area (Å²) in [5.41, 5.74) is 5.40. The van der Waals surface area contributed by atoms with Gasteiger partial charge < -0.3 is 10.5 Å². The number of aromatic nitrogens is 2. The predicted molar refractivity (Wildman–Crippen MR) is 66.3 cm³/mol. The monoisotopic (exact) mass is 283 g/mol. The average molecular weight is 283 g/mol. The number of ether oxygens (including phenoxy) is 1. The SMILES string of the molecule is NCCc1ccc(Oc2nccc(C(F)(F)F)n2)cc1. The van der Waals surface area contributed by atoms with Crippen LogP contribution in [-0.2, 0) is 12.6 Å². The third-order valence-corrected chi connectivity index (χ3v) is 2.49. The van der Waals surface area contributed by atoms with Crippen molar-refractivity contribution in [1.29, 1.82) is 0 Å².